The van der Waals surface area contributed by atoms with Gasteiger partial charge in [-0.1, -0.05) is 47.5 Å². The molecule has 2 amide bonds. The number of carbonyl (C=O) groups is 2. The van der Waals surface area contributed by atoms with Gasteiger partial charge in [0.05, 0.1) is 5.57 Å². The van der Waals surface area contributed by atoms with Crippen LogP contribution < -0.4 is 5.32 Å². The second-order valence-electron chi connectivity index (χ2n) is 6.01. The molecule has 128 valence electrons. The number of hydrogen-bond donors (Lipinski definition) is 1. The number of hydrogen-bond acceptors (Lipinski definition) is 3. The largest absolute Gasteiger partial charge is 0.350 e. The molecule has 1 N–H and O–H groups in total. The first kappa shape index (κ1) is 17.2. The van der Waals surface area contributed by atoms with E-state index in [1.165, 1.54) is 4.90 Å². The fourth-order valence-electron chi connectivity index (χ4n) is 2.84. The van der Waals surface area contributed by atoms with Gasteiger partial charge in [-0.25, -0.2) is 0 Å². The van der Waals surface area contributed by atoms with Crippen molar-refractivity contribution in [1.29, 1.82) is 0 Å². The number of nitrogens with one attached hydrogen (secondary N) is 1. The molecule has 1 aliphatic rings. The fraction of sp³-hybridized carbons (Fsp3) is 0.200. The SMILES string of the molecule is CCN1C(=O)C(Nc2cccc(Cl)c2C)=C(c2ccc(C)cc2)C1=O. The van der Waals surface area contributed by atoms with Gasteiger partial charge in [0.25, 0.3) is 11.8 Å². The van der Waals surface area contributed by atoms with E-state index < -0.39 is 0 Å². The molecule has 1 heterocycles. The van der Waals surface area contributed by atoms with Crippen LogP contribution in [0.2, 0.25) is 5.02 Å². The van der Waals surface area contributed by atoms with E-state index in [1.54, 1.807) is 13.0 Å². The first-order valence-electron chi connectivity index (χ1n) is 8.13. The van der Waals surface area contributed by atoms with E-state index in [9.17, 15) is 9.59 Å². The van der Waals surface area contributed by atoms with Crippen LogP contribution in [0.1, 0.15) is 23.6 Å². The Morgan fingerprint density at radius 2 is 1.68 bits per heavy atom. The average molecular weight is 355 g/mol. The van der Waals surface area contributed by atoms with Crippen molar-refractivity contribution in [2.24, 2.45) is 0 Å². The number of rotatable bonds is 4. The Kier molecular flexibility index (Phi) is 4.64. The highest BCUT2D eigenvalue weighted by atomic mass is 35.5. The number of likely N-dealkylation sites (N-methyl/N-ethyl adjacent to an activating group) is 1. The van der Waals surface area contributed by atoms with Crippen LogP contribution in [0.4, 0.5) is 5.69 Å². The molecule has 0 spiro atoms. The average Bonchev–Trinajstić information content (AvgIpc) is 2.83. The van der Waals surface area contributed by atoms with Crippen molar-refractivity contribution >= 4 is 34.7 Å². The van der Waals surface area contributed by atoms with E-state index in [-0.39, 0.29) is 11.8 Å². The maximum Gasteiger partial charge on any atom is 0.278 e. The third kappa shape index (κ3) is 3.05. The van der Waals surface area contributed by atoms with Crippen molar-refractivity contribution in [3.63, 3.8) is 0 Å². The Bertz CT molecular complexity index is 885. The molecule has 3 rings (SSSR count). The molecule has 4 nitrogen and oxygen atoms in total. The van der Waals surface area contributed by atoms with Gasteiger partial charge >= 0.3 is 0 Å². The van der Waals surface area contributed by atoms with Crippen molar-refractivity contribution in [2.45, 2.75) is 20.8 Å². The quantitative estimate of drug-likeness (QED) is 0.838. The topological polar surface area (TPSA) is 49.4 Å². The summed E-state index contributed by atoms with van der Waals surface area (Å²) in [7, 11) is 0. The van der Waals surface area contributed by atoms with Crippen LogP contribution in [-0.4, -0.2) is 23.3 Å². The summed E-state index contributed by atoms with van der Waals surface area (Å²) in [6, 6.07) is 13.0. The van der Waals surface area contributed by atoms with E-state index in [0.29, 0.717) is 28.5 Å². The molecular formula is C20H19ClN2O2. The number of halogens is 1. The molecule has 0 saturated carbocycles. The molecular weight excluding hydrogens is 336 g/mol. The lowest BCUT2D eigenvalue weighted by Gasteiger charge is -2.13. The zero-order valence-corrected chi connectivity index (χ0v) is 15.1. The lowest BCUT2D eigenvalue weighted by Crippen LogP contribution is -2.32. The highest BCUT2D eigenvalue weighted by molar-refractivity contribution is 6.36. The summed E-state index contributed by atoms with van der Waals surface area (Å²) in [5, 5.41) is 3.74. The Morgan fingerprint density at radius 3 is 2.32 bits per heavy atom. The zero-order chi connectivity index (χ0) is 18.1. The minimum Gasteiger partial charge on any atom is -0.350 e. The molecule has 25 heavy (non-hydrogen) atoms. The molecule has 5 heteroatoms. The lowest BCUT2D eigenvalue weighted by atomic mass is 10.0. The summed E-state index contributed by atoms with van der Waals surface area (Å²) < 4.78 is 0. The Balaban J connectivity index is 2.12. The van der Waals surface area contributed by atoms with Gasteiger partial charge in [-0.3, -0.25) is 14.5 Å². The van der Waals surface area contributed by atoms with Crippen molar-refractivity contribution in [3.8, 4) is 0 Å². The van der Waals surface area contributed by atoms with Gasteiger partial charge in [0.1, 0.15) is 5.70 Å². The Labute approximate surface area is 152 Å². The minimum atomic E-state index is -0.317. The molecule has 0 aromatic heterocycles. The molecule has 0 fully saturated rings. The predicted octanol–water partition coefficient (Wildman–Crippen LogP) is 4.17. The van der Waals surface area contributed by atoms with E-state index in [1.807, 2.05) is 50.2 Å². The van der Waals surface area contributed by atoms with Crippen LogP contribution in [0.25, 0.3) is 5.57 Å². The lowest BCUT2D eigenvalue weighted by molar-refractivity contribution is -0.136. The van der Waals surface area contributed by atoms with E-state index in [4.69, 9.17) is 11.6 Å². The molecule has 1 aliphatic heterocycles. The third-order valence-corrected chi connectivity index (χ3v) is 4.76. The maximum atomic E-state index is 12.8. The first-order chi connectivity index (χ1) is 11.9. The third-order valence-electron chi connectivity index (χ3n) is 4.35. The van der Waals surface area contributed by atoms with E-state index in [0.717, 1.165) is 16.7 Å². The molecule has 2 aromatic rings. The standard InChI is InChI=1S/C20H19ClN2O2/c1-4-23-19(24)17(14-10-8-12(2)9-11-14)18(20(23)25)22-16-7-5-6-15(21)13(16)3/h5-11,22H,4H2,1-3H3. The minimum absolute atomic E-state index is 0.279. The summed E-state index contributed by atoms with van der Waals surface area (Å²) in [5.41, 5.74) is 4.05. The second-order valence-corrected chi connectivity index (χ2v) is 6.42. The van der Waals surface area contributed by atoms with Gasteiger partial charge in [-0.15, -0.1) is 0 Å². The molecule has 0 saturated heterocycles. The van der Waals surface area contributed by atoms with Gasteiger partial charge in [0.15, 0.2) is 0 Å². The van der Waals surface area contributed by atoms with Gasteiger partial charge < -0.3 is 5.32 Å². The fourth-order valence-corrected chi connectivity index (χ4v) is 3.02. The van der Waals surface area contributed by atoms with Crippen LogP contribution in [0.15, 0.2) is 48.2 Å². The van der Waals surface area contributed by atoms with Crippen molar-refractivity contribution in [1.82, 2.24) is 4.90 Å². The number of carbonyl (C=O) groups excluding carboxylic acids is 2. The summed E-state index contributed by atoms with van der Waals surface area (Å²) in [6.45, 7) is 5.96. The van der Waals surface area contributed by atoms with E-state index >= 15 is 0 Å². The van der Waals surface area contributed by atoms with Crippen LogP contribution in [0.5, 0.6) is 0 Å². The molecule has 2 aromatic carbocycles. The predicted molar refractivity (Wildman–Crippen MR) is 100 cm³/mol. The monoisotopic (exact) mass is 354 g/mol. The van der Waals surface area contributed by atoms with Gasteiger partial charge in [0.2, 0.25) is 0 Å². The summed E-state index contributed by atoms with van der Waals surface area (Å²) in [4.78, 5) is 26.8. The molecule has 0 radical (unpaired) electrons. The number of anilines is 1. The van der Waals surface area contributed by atoms with Crippen LogP contribution in [0, 0.1) is 13.8 Å². The molecule has 0 atom stereocenters. The second kappa shape index (κ2) is 6.73. The van der Waals surface area contributed by atoms with Crippen molar-refractivity contribution in [2.75, 3.05) is 11.9 Å². The first-order valence-corrected chi connectivity index (χ1v) is 8.51. The highest BCUT2D eigenvalue weighted by Crippen LogP contribution is 2.32. The molecule has 0 unspecified atom stereocenters. The Hall–Kier alpha value is -2.59. The number of nitrogens with zero attached hydrogens (tertiary/aromatic N) is 1. The normalized spacial score (nSPS) is 14.5. The van der Waals surface area contributed by atoms with E-state index in [2.05, 4.69) is 5.32 Å². The van der Waals surface area contributed by atoms with Crippen LogP contribution in [0.3, 0.4) is 0 Å². The van der Waals surface area contributed by atoms with Gasteiger partial charge in [-0.05, 0) is 44.0 Å². The van der Waals surface area contributed by atoms with Crippen LogP contribution in [-0.2, 0) is 9.59 Å². The van der Waals surface area contributed by atoms with Crippen molar-refractivity contribution < 1.29 is 9.59 Å². The number of benzene rings is 2. The summed E-state index contributed by atoms with van der Waals surface area (Å²) in [6.07, 6.45) is 0. The van der Waals surface area contributed by atoms with Crippen LogP contribution >= 0.6 is 11.6 Å². The molecule has 0 bridgehead atoms. The zero-order valence-electron chi connectivity index (χ0n) is 14.4. The Morgan fingerprint density at radius 1 is 1.00 bits per heavy atom. The molecule has 0 aliphatic carbocycles. The number of aryl methyl sites for hydroxylation is 1. The highest BCUT2D eigenvalue weighted by Gasteiger charge is 2.38. The van der Waals surface area contributed by atoms with Gasteiger partial charge in [-0.2, -0.15) is 0 Å². The number of imide groups is 1. The smallest absolute Gasteiger partial charge is 0.278 e. The number of amides is 2. The van der Waals surface area contributed by atoms with Crippen molar-refractivity contribution in [3.05, 3.63) is 69.9 Å². The summed E-state index contributed by atoms with van der Waals surface area (Å²) in [5.74, 6) is -0.596. The summed E-state index contributed by atoms with van der Waals surface area (Å²) >= 11 is 6.17. The van der Waals surface area contributed by atoms with Gasteiger partial charge in [0, 0.05) is 17.3 Å². The maximum absolute atomic E-state index is 12.8.